The molecule has 0 radical (unpaired) electrons. The van der Waals surface area contributed by atoms with Gasteiger partial charge in [-0.25, -0.2) is 8.78 Å². The van der Waals surface area contributed by atoms with Crippen molar-refractivity contribution in [2.24, 2.45) is 5.10 Å². The van der Waals surface area contributed by atoms with Crippen molar-refractivity contribution >= 4 is 11.6 Å². The fourth-order valence-corrected chi connectivity index (χ4v) is 1.86. The highest BCUT2D eigenvalue weighted by Gasteiger charge is 2.51. The van der Waals surface area contributed by atoms with Gasteiger partial charge in [-0.2, -0.15) is 10.1 Å². The second-order valence-electron chi connectivity index (χ2n) is 4.20. The monoisotopic (exact) mass is 258 g/mol. The molecule has 0 fully saturated rings. The van der Waals surface area contributed by atoms with Crippen molar-refractivity contribution in [3.8, 4) is 0 Å². The molecule has 0 aromatic carbocycles. The molecule has 1 amide bonds. The van der Waals surface area contributed by atoms with Crippen molar-refractivity contribution in [2.45, 2.75) is 32.4 Å². The van der Waals surface area contributed by atoms with E-state index in [0.29, 0.717) is 5.01 Å². The maximum Gasteiger partial charge on any atom is 0.287 e. The van der Waals surface area contributed by atoms with Crippen LogP contribution in [0.4, 0.5) is 8.78 Å². The number of hydrogen-bond donors (Lipinski definition) is 1. The number of aryl methyl sites for hydroxylation is 1. The third kappa shape index (κ3) is 1.80. The lowest BCUT2D eigenvalue weighted by Gasteiger charge is -2.29. The molecule has 1 aromatic heterocycles. The van der Waals surface area contributed by atoms with Crippen LogP contribution in [0, 0.1) is 6.92 Å². The Balaban J connectivity index is 2.37. The molecule has 1 aliphatic rings. The van der Waals surface area contributed by atoms with Gasteiger partial charge in [0.15, 0.2) is 0 Å². The van der Waals surface area contributed by atoms with E-state index in [0.717, 1.165) is 0 Å². The number of hydrogen-bond acceptors (Lipinski definition) is 4. The fraction of sp³-hybridized carbons (Fsp3) is 0.455. The van der Waals surface area contributed by atoms with E-state index < -0.39 is 18.1 Å². The van der Waals surface area contributed by atoms with Crippen LogP contribution in [0.3, 0.4) is 0 Å². The van der Waals surface area contributed by atoms with Gasteiger partial charge >= 0.3 is 0 Å². The molecule has 0 spiro atoms. The molecule has 0 saturated carbocycles. The number of amides is 1. The van der Waals surface area contributed by atoms with Gasteiger partial charge in [0.25, 0.3) is 12.3 Å². The number of halogens is 2. The van der Waals surface area contributed by atoms with Gasteiger partial charge < -0.3 is 9.52 Å². The van der Waals surface area contributed by atoms with Crippen molar-refractivity contribution in [2.75, 3.05) is 0 Å². The number of aliphatic hydroxyl groups is 1. The van der Waals surface area contributed by atoms with E-state index in [1.807, 2.05) is 0 Å². The summed E-state index contributed by atoms with van der Waals surface area (Å²) in [5.74, 6) is -0.516. The van der Waals surface area contributed by atoms with Crippen LogP contribution in [0.5, 0.6) is 0 Å². The minimum atomic E-state index is -3.10. The predicted molar refractivity (Wildman–Crippen MR) is 58.3 cm³/mol. The van der Waals surface area contributed by atoms with E-state index in [2.05, 4.69) is 5.10 Å². The van der Waals surface area contributed by atoms with Crippen LogP contribution in [0.1, 0.15) is 29.5 Å². The zero-order valence-corrected chi connectivity index (χ0v) is 9.85. The van der Waals surface area contributed by atoms with Gasteiger partial charge in [0.1, 0.15) is 5.76 Å². The summed E-state index contributed by atoms with van der Waals surface area (Å²) < 4.78 is 30.8. The summed E-state index contributed by atoms with van der Waals surface area (Å²) in [6, 6.07) is 1.35. The first kappa shape index (κ1) is 12.7. The average molecular weight is 258 g/mol. The second kappa shape index (κ2) is 4.16. The Labute approximate surface area is 102 Å². The molecule has 98 valence electrons. The van der Waals surface area contributed by atoms with Crippen molar-refractivity contribution in [1.82, 2.24) is 5.01 Å². The first-order valence-corrected chi connectivity index (χ1v) is 5.29. The Hall–Kier alpha value is -1.76. The van der Waals surface area contributed by atoms with E-state index in [1.165, 1.54) is 26.2 Å². The molecule has 5 nitrogen and oxygen atoms in total. The number of carbonyl (C=O) groups is 1. The smallest absolute Gasteiger partial charge is 0.287 e. The SMILES string of the molecule is CC1=NN(C(=O)c2ccoc2C)[C@@](O)(C(F)F)C1. The summed E-state index contributed by atoms with van der Waals surface area (Å²) in [5.41, 5.74) is -2.20. The molecule has 0 saturated heterocycles. The van der Waals surface area contributed by atoms with Crippen molar-refractivity contribution in [1.29, 1.82) is 0 Å². The molecule has 1 N–H and O–H groups in total. The predicted octanol–water partition coefficient (Wildman–Crippen LogP) is 1.76. The molecule has 0 unspecified atom stereocenters. The molecule has 18 heavy (non-hydrogen) atoms. The van der Waals surface area contributed by atoms with Gasteiger partial charge in [-0.15, -0.1) is 0 Å². The molecule has 1 aliphatic heterocycles. The highest BCUT2D eigenvalue weighted by atomic mass is 19.3. The van der Waals surface area contributed by atoms with Crippen LogP contribution < -0.4 is 0 Å². The lowest BCUT2D eigenvalue weighted by atomic mass is 10.1. The number of nitrogens with zero attached hydrogens (tertiary/aromatic N) is 2. The molecule has 1 atom stereocenters. The van der Waals surface area contributed by atoms with E-state index in [-0.39, 0.29) is 23.5 Å². The highest BCUT2D eigenvalue weighted by molar-refractivity contribution is 5.98. The number of carbonyl (C=O) groups excluding carboxylic acids is 1. The summed E-state index contributed by atoms with van der Waals surface area (Å²) in [4.78, 5) is 12.1. The number of rotatable bonds is 2. The van der Waals surface area contributed by atoms with Crippen LogP contribution in [0.2, 0.25) is 0 Å². The summed E-state index contributed by atoms with van der Waals surface area (Å²) >= 11 is 0. The molecule has 2 heterocycles. The largest absolute Gasteiger partial charge is 0.469 e. The van der Waals surface area contributed by atoms with E-state index in [9.17, 15) is 18.7 Å². The molecule has 0 aliphatic carbocycles. The molecule has 0 bridgehead atoms. The molecule has 1 aromatic rings. The van der Waals surface area contributed by atoms with Crippen LogP contribution in [0.25, 0.3) is 0 Å². The Morgan fingerprint density at radius 2 is 2.28 bits per heavy atom. The third-order valence-electron chi connectivity index (χ3n) is 2.78. The Kier molecular flexibility index (Phi) is 2.94. The zero-order chi connectivity index (χ0) is 13.5. The zero-order valence-electron chi connectivity index (χ0n) is 9.85. The first-order valence-electron chi connectivity index (χ1n) is 5.29. The maximum atomic E-state index is 12.9. The van der Waals surface area contributed by atoms with Crippen molar-refractivity contribution < 1.29 is 23.1 Å². The quantitative estimate of drug-likeness (QED) is 0.879. The summed E-state index contributed by atoms with van der Waals surface area (Å²) in [6.07, 6.45) is -2.20. The van der Waals surface area contributed by atoms with Gasteiger partial charge in [0.2, 0.25) is 5.72 Å². The molecular formula is C11H12F2N2O3. The van der Waals surface area contributed by atoms with Crippen molar-refractivity contribution in [3.63, 3.8) is 0 Å². The topological polar surface area (TPSA) is 66.0 Å². The first-order chi connectivity index (χ1) is 8.36. The Morgan fingerprint density at radius 1 is 1.61 bits per heavy atom. The minimum Gasteiger partial charge on any atom is -0.469 e. The van der Waals surface area contributed by atoms with Gasteiger partial charge in [0.05, 0.1) is 11.8 Å². The fourth-order valence-electron chi connectivity index (χ4n) is 1.86. The normalized spacial score (nSPS) is 23.7. The number of furan rings is 1. The third-order valence-corrected chi connectivity index (χ3v) is 2.78. The highest BCUT2D eigenvalue weighted by Crippen LogP contribution is 2.33. The molecule has 2 rings (SSSR count). The van der Waals surface area contributed by atoms with Gasteiger partial charge in [0, 0.05) is 12.1 Å². The van der Waals surface area contributed by atoms with Crippen LogP contribution >= 0.6 is 0 Å². The molecule has 7 heteroatoms. The van der Waals surface area contributed by atoms with E-state index in [1.54, 1.807) is 0 Å². The molecular weight excluding hydrogens is 246 g/mol. The van der Waals surface area contributed by atoms with Crippen LogP contribution in [-0.2, 0) is 0 Å². The average Bonchev–Trinajstić information content (AvgIpc) is 2.82. The standard InChI is InChI=1S/C11H12F2N2O3/c1-6-5-11(17,10(12)13)15(14-6)9(16)8-3-4-18-7(8)2/h3-4,10,17H,5H2,1-2H3/t11-/m0/s1. The van der Waals surface area contributed by atoms with Gasteiger partial charge in [-0.05, 0) is 19.9 Å². The van der Waals surface area contributed by atoms with E-state index >= 15 is 0 Å². The lowest BCUT2D eigenvalue weighted by Crippen LogP contribution is -2.51. The minimum absolute atomic E-state index is 0.104. The summed E-state index contributed by atoms with van der Waals surface area (Å²) in [5, 5.41) is 14.0. The number of hydrazone groups is 1. The summed E-state index contributed by atoms with van der Waals surface area (Å²) in [6.45, 7) is 3.00. The second-order valence-corrected chi connectivity index (χ2v) is 4.20. The Bertz CT molecular complexity index is 512. The Morgan fingerprint density at radius 3 is 2.78 bits per heavy atom. The lowest BCUT2D eigenvalue weighted by molar-refractivity contribution is -0.164. The van der Waals surface area contributed by atoms with Crippen LogP contribution in [-0.4, -0.2) is 33.9 Å². The summed E-state index contributed by atoms with van der Waals surface area (Å²) in [7, 11) is 0. The number of alkyl halides is 2. The van der Waals surface area contributed by atoms with Gasteiger partial charge in [-0.1, -0.05) is 0 Å². The van der Waals surface area contributed by atoms with Crippen molar-refractivity contribution in [3.05, 3.63) is 23.7 Å². The maximum absolute atomic E-state index is 12.9. The van der Waals surface area contributed by atoms with E-state index in [4.69, 9.17) is 4.42 Å². The van der Waals surface area contributed by atoms with Crippen LogP contribution in [0.15, 0.2) is 21.8 Å². The van der Waals surface area contributed by atoms with Gasteiger partial charge in [-0.3, -0.25) is 4.79 Å².